The minimum absolute atomic E-state index is 0.339. The maximum Gasteiger partial charge on any atom is 0.295 e. The lowest BCUT2D eigenvalue weighted by atomic mass is 9.96. The quantitative estimate of drug-likeness (QED) is 0.731. The number of ether oxygens (including phenoxy) is 1. The number of aromatic nitrogens is 1. The van der Waals surface area contributed by atoms with E-state index in [2.05, 4.69) is 10.3 Å². The minimum atomic E-state index is -0.921. The van der Waals surface area contributed by atoms with Gasteiger partial charge in [-0.15, -0.1) is 0 Å². The van der Waals surface area contributed by atoms with Crippen molar-refractivity contribution in [2.24, 2.45) is 0 Å². The lowest BCUT2D eigenvalue weighted by Crippen LogP contribution is -2.35. The van der Waals surface area contributed by atoms with E-state index in [9.17, 15) is 5.11 Å². The van der Waals surface area contributed by atoms with Crippen molar-refractivity contribution in [1.29, 1.82) is 0 Å². The molecular formula is C18H20N2O3. The molecule has 2 aromatic carbocycles. The summed E-state index contributed by atoms with van der Waals surface area (Å²) in [5, 5.41) is 13.6. The van der Waals surface area contributed by atoms with Gasteiger partial charge in [0.15, 0.2) is 5.58 Å². The fourth-order valence-electron chi connectivity index (χ4n) is 2.46. The Labute approximate surface area is 134 Å². The van der Waals surface area contributed by atoms with Crippen LogP contribution in [0.1, 0.15) is 12.5 Å². The lowest BCUT2D eigenvalue weighted by molar-refractivity contribution is 0.0736. The number of nitrogens with zero attached hydrogens (tertiary/aromatic N) is 1. The van der Waals surface area contributed by atoms with Gasteiger partial charge in [0.2, 0.25) is 0 Å². The second-order valence-corrected chi connectivity index (χ2v) is 5.86. The summed E-state index contributed by atoms with van der Waals surface area (Å²) < 4.78 is 10.7. The predicted octanol–water partition coefficient (Wildman–Crippen LogP) is 3.24. The molecule has 23 heavy (non-hydrogen) atoms. The zero-order chi connectivity index (χ0) is 16.3. The molecule has 120 valence electrons. The fraction of sp³-hybridized carbons (Fsp3) is 0.278. The summed E-state index contributed by atoms with van der Waals surface area (Å²) in [5.41, 5.74) is 1.64. The van der Waals surface area contributed by atoms with Gasteiger partial charge >= 0.3 is 0 Å². The molecule has 1 aromatic heterocycles. The van der Waals surface area contributed by atoms with Crippen molar-refractivity contribution >= 4 is 17.1 Å². The summed E-state index contributed by atoms with van der Waals surface area (Å²) in [6.45, 7) is 2.12. The Morgan fingerprint density at radius 2 is 1.91 bits per heavy atom. The van der Waals surface area contributed by atoms with Crippen molar-refractivity contribution in [3.05, 3.63) is 54.1 Å². The predicted molar refractivity (Wildman–Crippen MR) is 89.8 cm³/mol. The van der Waals surface area contributed by atoms with Crippen LogP contribution < -0.4 is 10.1 Å². The second-order valence-electron chi connectivity index (χ2n) is 5.86. The molecule has 1 unspecified atom stereocenters. The normalized spacial score (nSPS) is 13.7. The van der Waals surface area contributed by atoms with Gasteiger partial charge < -0.3 is 19.6 Å². The van der Waals surface area contributed by atoms with Crippen LogP contribution in [0.2, 0.25) is 0 Å². The highest BCUT2D eigenvalue weighted by molar-refractivity contribution is 5.74. The van der Waals surface area contributed by atoms with Gasteiger partial charge in [-0.2, -0.15) is 4.98 Å². The molecule has 2 N–H and O–H groups in total. The van der Waals surface area contributed by atoms with Crippen LogP contribution in [0.3, 0.4) is 0 Å². The highest BCUT2D eigenvalue weighted by Crippen LogP contribution is 2.20. The van der Waals surface area contributed by atoms with Crippen LogP contribution in [-0.4, -0.2) is 29.3 Å². The molecule has 3 aromatic rings. The average molecular weight is 312 g/mol. The van der Waals surface area contributed by atoms with Crippen molar-refractivity contribution < 1.29 is 14.3 Å². The molecule has 1 atom stereocenters. The van der Waals surface area contributed by atoms with Crippen LogP contribution in [0.15, 0.2) is 52.9 Å². The molecule has 0 saturated heterocycles. The number of benzene rings is 2. The van der Waals surface area contributed by atoms with Gasteiger partial charge in [-0.3, -0.25) is 0 Å². The Balaban J connectivity index is 1.63. The van der Waals surface area contributed by atoms with Crippen LogP contribution in [0.4, 0.5) is 6.01 Å². The summed E-state index contributed by atoms with van der Waals surface area (Å²) in [4.78, 5) is 4.34. The highest BCUT2D eigenvalue weighted by Gasteiger charge is 2.22. The minimum Gasteiger partial charge on any atom is -0.497 e. The molecule has 0 aliphatic carbocycles. The molecule has 0 aliphatic heterocycles. The Bertz CT molecular complexity index is 745. The van der Waals surface area contributed by atoms with E-state index in [1.54, 1.807) is 14.0 Å². The van der Waals surface area contributed by atoms with Crippen molar-refractivity contribution in [2.45, 2.75) is 18.9 Å². The largest absolute Gasteiger partial charge is 0.497 e. The number of fused-ring (bicyclic) bond motifs is 1. The van der Waals surface area contributed by atoms with E-state index in [0.717, 1.165) is 22.4 Å². The standard InChI is InChI=1S/C18H20N2O3/c1-18(21,11-13-7-9-14(22-2)10-8-13)12-19-17-20-15-5-3-4-6-16(15)23-17/h3-10,21H,11-12H2,1-2H3,(H,19,20). The van der Waals surface area contributed by atoms with Crippen LogP contribution in [0.25, 0.3) is 11.1 Å². The number of aliphatic hydroxyl groups is 1. The summed E-state index contributed by atoms with van der Waals surface area (Å²) in [5.74, 6) is 0.804. The Hall–Kier alpha value is -2.53. The van der Waals surface area contributed by atoms with Gasteiger partial charge in [0.25, 0.3) is 6.01 Å². The number of para-hydroxylation sites is 2. The van der Waals surface area contributed by atoms with Gasteiger partial charge in [0.05, 0.1) is 12.7 Å². The Morgan fingerprint density at radius 1 is 1.17 bits per heavy atom. The van der Waals surface area contributed by atoms with E-state index >= 15 is 0 Å². The number of nitrogens with one attached hydrogen (secondary N) is 1. The third-order valence-corrected chi connectivity index (χ3v) is 3.66. The molecule has 0 aliphatic rings. The average Bonchev–Trinajstić information content (AvgIpc) is 2.96. The molecule has 0 amide bonds. The smallest absolute Gasteiger partial charge is 0.295 e. The summed E-state index contributed by atoms with van der Waals surface area (Å²) in [7, 11) is 1.63. The van der Waals surface area contributed by atoms with E-state index in [0.29, 0.717) is 19.0 Å². The first kappa shape index (κ1) is 15.4. The van der Waals surface area contributed by atoms with Gasteiger partial charge in [-0.05, 0) is 36.8 Å². The van der Waals surface area contributed by atoms with Crippen molar-refractivity contribution in [2.75, 3.05) is 19.0 Å². The maximum atomic E-state index is 10.6. The van der Waals surface area contributed by atoms with Crippen LogP contribution in [0, 0.1) is 0 Å². The molecule has 5 heteroatoms. The molecule has 3 rings (SSSR count). The van der Waals surface area contributed by atoms with Gasteiger partial charge in [0, 0.05) is 13.0 Å². The molecule has 0 bridgehead atoms. The van der Waals surface area contributed by atoms with E-state index in [-0.39, 0.29) is 0 Å². The van der Waals surface area contributed by atoms with E-state index in [4.69, 9.17) is 9.15 Å². The molecule has 1 heterocycles. The number of rotatable bonds is 6. The Morgan fingerprint density at radius 3 is 2.61 bits per heavy atom. The molecule has 0 spiro atoms. The summed E-state index contributed by atoms with van der Waals surface area (Å²) >= 11 is 0. The van der Waals surface area contributed by atoms with Gasteiger partial charge in [0.1, 0.15) is 11.3 Å². The Kier molecular flexibility index (Phi) is 4.21. The monoisotopic (exact) mass is 312 g/mol. The number of methoxy groups -OCH3 is 1. The summed E-state index contributed by atoms with van der Waals surface area (Å²) in [6.07, 6.45) is 0.518. The van der Waals surface area contributed by atoms with Gasteiger partial charge in [-0.25, -0.2) is 0 Å². The lowest BCUT2D eigenvalue weighted by Gasteiger charge is -2.23. The first-order valence-corrected chi connectivity index (χ1v) is 7.50. The third-order valence-electron chi connectivity index (χ3n) is 3.66. The number of hydrogen-bond donors (Lipinski definition) is 2. The van der Waals surface area contributed by atoms with Crippen molar-refractivity contribution in [3.8, 4) is 5.75 Å². The maximum absolute atomic E-state index is 10.6. The zero-order valence-electron chi connectivity index (χ0n) is 13.2. The van der Waals surface area contributed by atoms with Crippen molar-refractivity contribution in [1.82, 2.24) is 4.98 Å². The van der Waals surface area contributed by atoms with E-state index < -0.39 is 5.60 Å². The first-order valence-electron chi connectivity index (χ1n) is 7.50. The molecule has 5 nitrogen and oxygen atoms in total. The number of hydrogen-bond acceptors (Lipinski definition) is 5. The second kappa shape index (κ2) is 6.30. The number of anilines is 1. The van der Waals surface area contributed by atoms with Crippen molar-refractivity contribution in [3.63, 3.8) is 0 Å². The van der Waals surface area contributed by atoms with Crippen LogP contribution in [0.5, 0.6) is 5.75 Å². The number of oxazole rings is 1. The zero-order valence-corrected chi connectivity index (χ0v) is 13.2. The van der Waals surface area contributed by atoms with Gasteiger partial charge in [-0.1, -0.05) is 24.3 Å². The third kappa shape index (κ3) is 3.81. The fourth-order valence-corrected chi connectivity index (χ4v) is 2.46. The molecule has 0 saturated carbocycles. The van der Waals surface area contributed by atoms with Crippen LogP contribution >= 0.6 is 0 Å². The van der Waals surface area contributed by atoms with Crippen LogP contribution in [-0.2, 0) is 6.42 Å². The topological polar surface area (TPSA) is 67.5 Å². The molecule has 0 radical (unpaired) electrons. The summed E-state index contributed by atoms with van der Waals surface area (Å²) in [6, 6.07) is 15.7. The highest BCUT2D eigenvalue weighted by atomic mass is 16.5. The van der Waals surface area contributed by atoms with E-state index in [1.165, 1.54) is 0 Å². The molecule has 0 fully saturated rings. The van der Waals surface area contributed by atoms with E-state index in [1.807, 2.05) is 48.5 Å². The molecular weight excluding hydrogens is 292 g/mol. The first-order chi connectivity index (χ1) is 11.1. The SMILES string of the molecule is COc1ccc(CC(C)(O)CNc2nc3ccccc3o2)cc1.